The van der Waals surface area contributed by atoms with E-state index in [0.29, 0.717) is 17.1 Å². The van der Waals surface area contributed by atoms with Crippen LogP contribution in [0.2, 0.25) is 0 Å². The fourth-order valence-electron chi connectivity index (χ4n) is 4.00. The second kappa shape index (κ2) is 12.6. The van der Waals surface area contributed by atoms with Gasteiger partial charge in [0, 0.05) is 11.1 Å². The third kappa shape index (κ3) is 7.70. The van der Waals surface area contributed by atoms with E-state index in [9.17, 15) is 31.6 Å². The molecule has 5 aromatic rings. The normalized spacial score (nSPS) is 12.7. The highest BCUT2D eigenvalue weighted by Crippen LogP contribution is 2.40. The number of anilines is 1. The molecule has 0 aromatic heterocycles. The quantitative estimate of drug-likeness (QED) is 0.0813. The van der Waals surface area contributed by atoms with Gasteiger partial charge in [0.2, 0.25) is 0 Å². The number of amidine groups is 1. The summed E-state index contributed by atoms with van der Waals surface area (Å²) in [7, 11) is -9.25. The van der Waals surface area contributed by atoms with E-state index in [2.05, 4.69) is 30.8 Å². The monoisotopic (exact) mass is 644 g/mol. The molecule has 0 atom stereocenters. The number of para-hydroxylation sites is 1. The van der Waals surface area contributed by atoms with Gasteiger partial charge in [-0.2, -0.15) is 32.2 Å². The van der Waals surface area contributed by atoms with Gasteiger partial charge in [0.15, 0.2) is 0 Å². The Labute approximate surface area is 256 Å². The average Bonchev–Trinajstić information content (AvgIpc) is 2.99. The number of azo groups is 2. The zero-order valence-corrected chi connectivity index (χ0v) is 24.3. The maximum absolute atomic E-state index is 12.7. The molecule has 0 spiro atoms. The lowest BCUT2D eigenvalue weighted by atomic mass is 10.1. The molecule has 14 nitrogen and oxygen atoms in total. The summed E-state index contributed by atoms with van der Waals surface area (Å²) in [5.41, 5.74) is 1.20. The minimum atomic E-state index is -4.91. The predicted molar refractivity (Wildman–Crippen MR) is 161 cm³/mol. The Morgan fingerprint density at radius 1 is 0.622 bits per heavy atom. The molecular weight excluding hydrogens is 624 g/mol. The molecule has 16 heteroatoms. The van der Waals surface area contributed by atoms with Gasteiger partial charge in [-0.05, 0) is 84.2 Å². The number of rotatable bonds is 8. The summed E-state index contributed by atoms with van der Waals surface area (Å²) in [6.45, 7) is 0. The maximum Gasteiger partial charge on any atom is 0.296 e. The number of nitrogens with one attached hydrogen (secondary N) is 1. The Bertz CT molecular complexity index is 2190. The molecule has 0 saturated heterocycles. The van der Waals surface area contributed by atoms with Crippen LogP contribution < -0.4 is 15.5 Å². The molecule has 0 unspecified atom stereocenters. The fourth-order valence-corrected chi connectivity index (χ4v) is 5.13. The number of nitrogens with zero attached hydrogens (tertiary/aromatic N) is 5. The summed E-state index contributed by atoms with van der Waals surface area (Å²) < 4.78 is 65.6. The summed E-state index contributed by atoms with van der Waals surface area (Å²) in [4.78, 5) is 2.86. The maximum atomic E-state index is 12.7. The van der Waals surface area contributed by atoms with Gasteiger partial charge in [-0.15, -0.1) is 5.11 Å². The van der Waals surface area contributed by atoms with Gasteiger partial charge < -0.3 is 15.5 Å². The zero-order chi connectivity index (χ0) is 32.2. The number of fused-ring (bicyclic) bond motifs is 1. The molecule has 5 aromatic carbocycles. The lowest BCUT2D eigenvalue weighted by Crippen LogP contribution is -2.26. The standard InChI is InChI=1S/C29H22N6O8S2/c36-26-17-27(45(41,42)43)28(25-16-22(12-15-24(25)26)31-29(37)30-18-4-2-1-3-5-18)35-34-20-8-6-19(7-9-20)32-33-21-10-13-23(14-11-21)44(38,39)40/h1-17,36H,(H2,30,31,37)(H,38,39,40)(H,41,42,43)/p-2. The van der Waals surface area contributed by atoms with E-state index >= 15 is 0 Å². The van der Waals surface area contributed by atoms with E-state index in [1.54, 1.807) is 30.3 Å². The smallest absolute Gasteiger partial charge is 0.296 e. The molecule has 45 heavy (non-hydrogen) atoms. The molecular formula is C29H20N6O8S2-2. The zero-order valence-electron chi connectivity index (χ0n) is 22.7. The van der Waals surface area contributed by atoms with Crippen molar-refractivity contribution in [1.82, 2.24) is 0 Å². The predicted octanol–water partition coefficient (Wildman–Crippen LogP) is 5.70. The minimum absolute atomic E-state index is 0.00169. The molecule has 0 heterocycles. The Kier molecular flexibility index (Phi) is 8.64. The van der Waals surface area contributed by atoms with E-state index in [4.69, 9.17) is 4.55 Å². The number of aliphatic imine (C=N–C) groups is 1. The molecule has 0 aliphatic heterocycles. The van der Waals surface area contributed by atoms with Crippen molar-refractivity contribution >= 4 is 71.2 Å². The highest BCUT2D eigenvalue weighted by atomic mass is 32.2. The molecule has 0 bridgehead atoms. The van der Waals surface area contributed by atoms with E-state index in [0.717, 1.165) is 6.07 Å². The van der Waals surface area contributed by atoms with Crippen molar-refractivity contribution in [3.05, 3.63) is 103 Å². The Hall–Kier alpha value is -5.55. The summed E-state index contributed by atoms with van der Waals surface area (Å²) in [6.07, 6.45) is 0. The van der Waals surface area contributed by atoms with Crippen LogP contribution in [0.15, 0.2) is 138 Å². The van der Waals surface area contributed by atoms with Gasteiger partial charge >= 0.3 is 0 Å². The fraction of sp³-hybridized carbons (Fsp3) is 0. The van der Waals surface area contributed by atoms with Gasteiger partial charge in [0.25, 0.3) is 20.2 Å². The summed E-state index contributed by atoms with van der Waals surface area (Å²) in [5, 5.41) is 43.9. The summed E-state index contributed by atoms with van der Waals surface area (Å²) in [6, 6.07) is 23.7. The van der Waals surface area contributed by atoms with Crippen LogP contribution in [0.25, 0.3) is 10.8 Å². The highest BCUT2D eigenvalue weighted by molar-refractivity contribution is 7.86. The molecule has 0 saturated carbocycles. The van der Waals surface area contributed by atoms with Crippen molar-refractivity contribution in [2.45, 2.75) is 9.79 Å². The van der Waals surface area contributed by atoms with Gasteiger partial charge in [-0.1, -0.05) is 30.0 Å². The number of hydrogen-bond acceptors (Lipinski definition) is 11. The van der Waals surface area contributed by atoms with Crippen LogP contribution in [0.1, 0.15) is 0 Å². The SMILES string of the molecule is O=S(=O)(O)c1ccc(N=Nc2ccc(N=Nc3c(S(=O)(=O)O)cc([O-])c4ccc(NC([O-])=Nc5ccccc5)cc34)cc2)cc1. The van der Waals surface area contributed by atoms with E-state index in [-0.39, 0.29) is 32.7 Å². The molecule has 0 aliphatic rings. The van der Waals surface area contributed by atoms with Crippen molar-refractivity contribution in [3.8, 4) is 5.75 Å². The van der Waals surface area contributed by atoms with Crippen LogP contribution in [0.5, 0.6) is 5.75 Å². The topological polar surface area (TPSA) is 229 Å². The van der Waals surface area contributed by atoms with Crippen molar-refractivity contribution < 1.29 is 36.2 Å². The van der Waals surface area contributed by atoms with E-state index in [1.165, 1.54) is 66.7 Å². The molecule has 0 fully saturated rings. The van der Waals surface area contributed by atoms with Gasteiger partial charge in [-0.3, -0.25) is 9.11 Å². The first-order chi connectivity index (χ1) is 21.4. The van der Waals surface area contributed by atoms with Crippen molar-refractivity contribution in [1.29, 1.82) is 0 Å². The van der Waals surface area contributed by atoms with Crippen LogP contribution in [-0.2, 0) is 20.2 Å². The van der Waals surface area contributed by atoms with Crippen molar-refractivity contribution in [2.24, 2.45) is 25.4 Å². The second-order valence-electron chi connectivity index (χ2n) is 9.22. The lowest BCUT2D eigenvalue weighted by Gasteiger charge is -2.18. The van der Waals surface area contributed by atoms with E-state index < -0.39 is 36.9 Å². The van der Waals surface area contributed by atoms with E-state index in [1.807, 2.05) is 0 Å². The molecule has 3 N–H and O–H groups in total. The first kappa shape index (κ1) is 30.9. The third-order valence-corrected chi connectivity index (χ3v) is 7.82. The van der Waals surface area contributed by atoms with Crippen LogP contribution in [0.4, 0.5) is 34.1 Å². The molecule has 0 amide bonds. The first-order valence-electron chi connectivity index (χ1n) is 12.7. The molecule has 0 radical (unpaired) electrons. The van der Waals surface area contributed by atoms with Crippen LogP contribution >= 0.6 is 0 Å². The average molecular weight is 645 g/mol. The Balaban J connectivity index is 1.44. The Morgan fingerprint density at radius 2 is 1.18 bits per heavy atom. The van der Waals surface area contributed by atoms with Crippen molar-refractivity contribution in [2.75, 3.05) is 5.32 Å². The molecule has 228 valence electrons. The van der Waals surface area contributed by atoms with Crippen LogP contribution in [-0.4, -0.2) is 32.0 Å². The van der Waals surface area contributed by atoms with Crippen molar-refractivity contribution in [3.63, 3.8) is 0 Å². The summed E-state index contributed by atoms with van der Waals surface area (Å²) in [5.74, 6) is -0.703. The lowest BCUT2D eigenvalue weighted by molar-refractivity contribution is -0.266. The first-order valence-corrected chi connectivity index (χ1v) is 15.6. The Morgan fingerprint density at radius 3 is 1.73 bits per heavy atom. The van der Waals surface area contributed by atoms with Gasteiger partial charge in [0.05, 0.1) is 33.7 Å². The van der Waals surface area contributed by atoms with Crippen LogP contribution in [0, 0.1) is 0 Å². The largest absolute Gasteiger partial charge is 0.872 e. The van der Waals surface area contributed by atoms with Gasteiger partial charge in [-0.25, -0.2) is 4.99 Å². The highest BCUT2D eigenvalue weighted by Gasteiger charge is 2.19. The van der Waals surface area contributed by atoms with Crippen LogP contribution in [0.3, 0.4) is 0 Å². The van der Waals surface area contributed by atoms with Gasteiger partial charge in [0.1, 0.15) is 10.6 Å². The molecule has 0 aliphatic carbocycles. The third-order valence-electron chi connectivity index (χ3n) is 6.08. The summed E-state index contributed by atoms with van der Waals surface area (Å²) >= 11 is 0. The second-order valence-corrected chi connectivity index (χ2v) is 12.0. The number of hydrogen-bond donors (Lipinski definition) is 3. The molecule has 5 rings (SSSR count). The number of benzene rings is 5. The minimum Gasteiger partial charge on any atom is -0.872 e.